The molecule has 0 unspecified atom stereocenters. The van der Waals surface area contributed by atoms with Crippen molar-refractivity contribution in [1.82, 2.24) is 5.32 Å². The van der Waals surface area contributed by atoms with E-state index in [1.54, 1.807) is 18.2 Å². The van der Waals surface area contributed by atoms with Crippen LogP contribution < -0.4 is 10.0 Å². The van der Waals surface area contributed by atoms with E-state index in [2.05, 4.69) is 11.4 Å². The summed E-state index contributed by atoms with van der Waals surface area (Å²) in [5, 5.41) is 25.4. The highest BCUT2D eigenvalue weighted by molar-refractivity contribution is 7.99. The van der Waals surface area contributed by atoms with Gasteiger partial charge < -0.3 is 25.1 Å². The topological polar surface area (TPSA) is 94.7 Å². The zero-order chi connectivity index (χ0) is 31.0. The van der Waals surface area contributed by atoms with Gasteiger partial charge in [-0.05, 0) is 46.0 Å². The Morgan fingerprint density at radius 3 is 2.31 bits per heavy atom. The van der Waals surface area contributed by atoms with Gasteiger partial charge in [0.15, 0.2) is 12.5 Å². The Bertz CT molecular complexity index is 1710. The van der Waals surface area contributed by atoms with E-state index in [4.69, 9.17) is 9.47 Å². The van der Waals surface area contributed by atoms with Crippen LogP contribution >= 0.6 is 11.8 Å². The Balaban J connectivity index is 1.19. The maximum atomic E-state index is 12.6. The first-order valence-corrected chi connectivity index (χ1v) is 15.9. The lowest BCUT2D eigenvalue weighted by Crippen LogP contribution is -2.32. The minimum absolute atomic E-state index is 0.0159. The van der Waals surface area contributed by atoms with E-state index in [-0.39, 0.29) is 24.7 Å². The molecule has 0 spiro atoms. The van der Waals surface area contributed by atoms with E-state index in [1.807, 2.05) is 97.1 Å². The van der Waals surface area contributed by atoms with Crippen molar-refractivity contribution < 1.29 is 24.1 Å². The van der Waals surface area contributed by atoms with Gasteiger partial charge in [0.1, 0.15) is 0 Å². The summed E-state index contributed by atoms with van der Waals surface area (Å²) < 4.78 is 13.8. The molecule has 1 amide bonds. The molecule has 1 aliphatic heterocycles. The van der Waals surface area contributed by atoms with Crippen molar-refractivity contribution in [1.29, 1.82) is 0 Å². The minimum atomic E-state index is -0.600. The number of carbonyl (C=O) groups is 1. The van der Waals surface area contributed by atoms with Crippen LogP contribution in [0.1, 0.15) is 51.4 Å². The smallest absolute Gasteiger partial charge is 0.251 e. The average molecular weight is 619 g/mol. The van der Waals surface area contributed by atoms with Gasteiger partial charge in [-0.25, -0.2) is 0 Å². The molecule has 4 aromatic carbocycles. The maximum absolute atomic E-state index is 12.6. The van der Waals surface area contributed by atoms with Crippen molar-refractivity contribution >= 4 is 17.7 Å². The molecule has 1 aliphatic rings. The zero-order valence-corrected chi connectivity index (χ0v) is 25.4. The molecule has 228 valence electrons. The molecule has 7 nitrogen and oxygen atoms in total. The first kappa shape index (κ1) is 30.6. The molecule has 0 aliphatic carbocycles. The number of hydrogen-bond acceptors (Lipinski definition) is 6. The second kappa shape index (κ2) is 14.5. The SMILES string of the molecule is O=C(NCc1ccccc1-c1ccc([C@@H]2O[C@H](CSc3cccc[n+]3[O-])C[C@H](c3ccc(CO)cc3)O2)cc1)c1ccccc1. The molecule has 2 heterocycles. The number of thioether (sulfide) groups is 1. The fourth-order valence-corrected chi connectivity index (χ4v) is 6.30. The van der Waals surface area contributed by atoms with Gasteiger partial charge in [-0.3, -0.25) is 4.79 Å². The van der Waals surface area contributed by atoms with Gasteiger partial charge >= 0.3 is 0 Å². The number of nitrogens with zero attached hydrogens (tertiary/aromatic N) is 1. The molecule has 3 atom stereocenters. The van der Waals surface area contributed by atoms with Crippen molar-refractivity contribution in [3.8, 4) is 11.1 Å². The Labute approximate surface area is 267 Å². The van der Waals surface area contributed by atoms with E-state index in [0.717, 1.165) is 38.1 Å². The van der Waals surface area contributed by atoms with E-state index in [9.17, 15) is 15.1 Å². The molecule has 6 rings (SSSR count). The number of amides is 1. The molecule has 1 fully saturated rings. The fourth-order valence-electron chi connectivity index (χ4n) is 5.37. The first-order chi connectivity index (χ1) is 22.1. The van der Waals surface area contributed by atoms with Crippen LogP contribution in [0.5, 0.6) is 0 Å². The monoisotopic (exact) mass is 618 g/mol. The standard InChI is InChI=1S/C37H34N2O5S/c40-24-26-13-15-28(16-14-26)34-22-32(25-45-35-12-6-7-21-39(35)42)43-37(44-34)30-19-17-27(18-20-30)33-11-5-4-10-31(33)23-38-36(41)29-8-2-1-3-9-29/h1-21,32,34,37,40H,22-25H2,(H,38,41)/t32-,34+,37+/m0/s1. The summed E-state index contributed by atoms with van der Waals surface area (Å²) in [5.41, 5.74) is 6.44. The van der Waals surface area contributed by atoms with Gasteiger partial charge in [0.2, 0.25) is 0 Å². The maximum Gasteiger partial charge on any atom is 0.251 e. The quantitative estimate of drug-likeness (QED) is 0.102. The second-order valence-corrected chi connectivity index (χ2v) is 11.9. The first-order valence-electron chi connectivity index (χ1n) is 14.9. The second-order valence-electron chi connectivity index (χ2n) is 10.9. The highest BCUT2D eigenvalue weighted by atomic mass is 32.2. The highest BCUT2D eigenvalue weighted by Gasteiger charge is 2.32. The normalized spacial score (nSPS) is 17.9. The zero-order valence-electron chi connectivity index (χ0n) is 24.6. The number of aliphatic hydroxyl groups excluding tert-OH is 1. The van der Waals surface area contributed by atoms with Crippen LogP contribution in [-0.2, 0) is 22.6 Å². The van der Waals surface area contributed by atoms with Crippen molar-refractivity contribution in [2.75, 3.05) is 5.75 Å². The molecule has 1 saturated heterocycles. The number of aromatic nitrogens is 1. The Morgan fingerprint density at radius 1 is 0.844 bits per heavy atom. The van der Waals surface area contributed by atoms with E-state index >= 15 is 0 Å². The van der Waals surface area contributed by atoms with Crippen molar-refractivity contribution in [3.63, 3.8) is 0 Å². The van der Waals surface area contributed by atoms with Crippen LogP contribution in [-0.4, -0.2) is 22.9 Å². The molecule has 2 N–H and O–H groups in total. The van der Waals surface area contributed by atoms with Gasteiger partial charge in [0.25, 0.3) is 10.9 Å². The number of hydrogen-bond donors (Lipinski definition) is 2. The Hall–Kier alpha value is -4.47. The molecule has 0 bridgehead atoms. The van der Waals surface area contributed by atoms with Gasteiger partial charge in [-0.15, -0.1) is 0 Å². The predicted molar refractivity (Wildman–Crippen MR) is 174 cm³/mol. The lowest BCUT2D eigenvalue weighted by atomic mass is 9.97. The Morgan fingerprint density at radius 2 is 1.56 bits per heavy atom. The largest absolute Gasteiger partial charge is 0.618 e. The number of aliphatic hydroxyl groups is 1. The highest BCUT2D eigenvalue weighted by Crippen LogP contribution is 2.39. The van der Waals surface area contributed by atoms with Gasteiger partial charge in [-0.2, -0.15) is 4.73 Å². The van der Waals surface area contributed by atoms with Crippen LogP contribution in [0, 0.1) is 5.21 Å². The average Bonchev–Trinajstić information content (AvgIpc) is 3.11. The molecular formula is C37H34N2O5S. The van der Waals surface area contributed by atoms with Crippen LogP contribution in [0.2, 0.25) is 0 Å². The fraction of sp³-hybridized carbons (Fsp3) is 0.189. The summed E-state index contributed by atoms with van der Waals surface area (Å²) in [6.07, 6.45) is 1.15. The number of nitrogens with one attached hydrogen (secondary N) is 1. The van der Waals surface area contributed by atoms with Crippen LogP contribution in [0.4, 0.5) is 0 Å². The van der Waals surface area contributed by atoms with Crippen LogP contribution in [0.3, 0.4) is 0 Å². The molecule has 5 aromatic rings. The van der Waals surface area contributed by atoms with Gasteiger partial charge in [0, 0.05) is 42.0 Å². The molecule has 0 radical (unpaired) electrons. The lowest BCUT2D eigenvalue weighted by Gasteiger charge is -2.36. The number of pyridine rings is 1. The number of ether oxygens (including phenoxy) is 2. The third-order valence-corrected chi connectivity index (χ3v) is 8.96. The Kier molecular flexibility index (Phi) is 9.87. The molecule has 45 heavy (non-hydrogen) atoms. The van der Waals surface area contributed by atoms with Gasteiger partial charge in [0.05, 0.1) is 18.8 Å². The summed E-state index contributed by atoms with van der Waals surface area (Å²) in [4.78, 5) is 12.6. The van der Waals surface area contributed by atoms with Crippen LogP contribution in [0.15, 0.2) is 133 Å². The number of rotatable bonds is 10. The molecule has 0 saturated carbocycles. The molecule has 8 heteroatoms. The van der Waals surface area contributed by atoms with Crippen molar-refractivity contribution in [3.05, 3.63) is 161 Å². The third kappa shape index (κ3) is 7.61. The summed E-state index contributed by atoms with van der Waals surface area (Å²) in [7, 11) is 0. The number of benzene rings is 4. The van der Waals surface area contributed by atoms with E-state index in [1.165, 1.54) is 18.0 Å². The summed E-state index contributed by atoms with van der Waals surface area (Å²) >= 11 is 1.47. The molecule has 1 aromatic heterocycles. The van der Waals surface area contributed by atoms with Crippen molar-refractivity contribution in [2.45, 2.75) is 43.1 Å². The van der Waals surface area contributed by atoms with E-state index in [0.29, 0.717) is 29.3 Å². The lowest BCUT2D eigenvalue weighted by molar-refractivity contribution is -0.645. The molecular weight excluding hydrogens is 584 g/mol. The minimum Gasteiger partial charge on any atom is -0.618 e. The summed E-state index contributed by atoms with van der Waals surface area (Å²) in [6, 6.07) is 38.5. The van der Waals surface area contributed by atoms with Crippen LogP contribution in [0.25, 0.3) is 11.1 Å². The predicted octanol–water partition coefficient (Wildman–Crippen LogP) is 6.75. The number of carbonyl (C=O) groups excluding carboxylic acids is 1. The van der Waals surface area contributed by atoms with Gasteiger partial charge in [-0.1, -0.05) is 103 Å². The van der Waals surface area contributed by atoms with Crippen molar-refractivity contribution in [2.24, 2.45) is 0 Å². The van der Waals surface area contributed by atoms with E-state index < -0.39 is 6.29 Å². The summed E-state index contributed by atoms with van der Waals surface area (Å²) in [5.74, 6) is 0.482. The third-order valence-electron chi connectivity index (χ3n) is 7.81. The summed E-state index contributed by atoms with van der Waals surface area (Å²) in [6.45, 7) is 0.388.